The monoisotopic (exact) mass is 424 g/mol. The highest BCUT2D eigenvalue weighted by Crippen LogP contribution is 2.43. The zero-order chi connectivity index (χ0) is 21.8. The molecule has 1 aliphatic carbocycles. The first kappa shape index (κ1) is 21.5. The topological polar surface area (TPSA) is 58.6 Å². The second-order valence-electron chi connectivity index (χ2n) is 8.65. The molecule has 31 heavy (non-hydrogen) atoms. The lowest BCUT2D eigenvalue weighted by Gasteiger charge is -2.36. The highest BCUT2D eigenvalue weighted by Gasteiger charge is 2.43. The average Bonchev–Trinajstić information content (AvgIpc) is 3.57. The summed E-state index contributed by atoms with van der Waals surface area (Å²) in [5.41, 5.74) is 1.41. The number of Topliss-reactive ketones (excluding diaryl/α,β-unsaturated/α-hetero) is 1. The highest BCUT2D eigenvalue weighted by atomic mass is 19.1. The van der Waals surface area contributed by atoms with Crippen molar-refractivity contribution >= 4 is 11.9 Å². The molecule has 1 amide bonds. The second-order valence-corrected chi connectivity index (χ2v) is 8.65. The number of rotatable bonds is 7. The summed E-state index contributed by atoms with van der Waals surface area (Å²) in [5, 5.41) is 3.35. The molecule has 164 valence electrons. The number of benzene rings is 2. The van der Waals surface area contributed by atoms with Gasteiger partial charge < -0.3 is 15.0 Å². The van der Waals surface area contributed by atoms with Crippen LogP contribution in [0.1, 0.15) is 53.6 Å². The van der Waals surface area contributed by atoms with E-state index >= 15 is 4.39 Å². The van der Waals surface area contributed by atoms with E-state index in [1.807, 2.05) is 54.6 Å². The van der Waals surface area contributed by atoms with Crippen molar-refractivity contribution in [2.24, 2.45) is 0 Å². The molecule has 1 heterocycles. The Bertz CT molecular complexity index is 925. The van der Waals surface area contributed by atoms with Crippen molar-refractivity contribution in [3.63, 3.8) is 0 Å². The van der Waals surface area contributed by atoms with E-state index in [-0.39, 0.29) is 37.0 Å². The number of ether oxygens (including phenoxy) is 1. The summed E-state index contributed by atoms with van der Waals surface area (Å²) in [6.07, 6.45) is 1.11. The zero-order valence-corrected chi connectivity index (χ0v) is 17.9. The largest absolute Gasteiger partial charge is 0.445 e. The lowest BCUT2D eigenvalue weighted by molar-refractivity contribution is 0.0407. The molecule has 2 aliphatic rings. The van der Waals surface area contributed by atoms with Crippen LogP contribution in [0, 0.1) is 0 Å². The molecule has 2 aromatic carbocycles. The first-order valence-electron chi connectivity index (χ1n) is 10.9. The molecule has 4 rings (SSSR count). The molecule has 2 aromatic rings. The third-order valence-corrected chi connectivity index (χ3v) is 6.33. The van der Waals surface area contributed by atoms with E-state index < -0.39 is 5.67 Å². The molecule has 5 nitrogen and oxygen atoms in total. The minimum absolute atomic E-state index is 0.0646. The maximum absolute atomic E-state index is 15.3. The summed E-state index contributed by atoms with van der Waals surface area (Å²) < 4.78 is 20.6. The van der Waals surface area contributed by atoms with E-state index in [0.29, 0.717) is 25.9 Å². The maximum Gasteiger partial charge on any atom is 0.410 e. The first-order valence-corrected chi connectivity index (χ1v) is 10.9. The Balaban J connectivity index is 1.22. The number of piperidine rings is 1. The van der Waals surface area contributed by atoms with Gasteiger partial charge in [-0.15, -0.1) is 0 Å². The van der Waals surface area contributed by atoms with Crippen LogP contribution in [0.15, 0.2) is 54.6 Å². The summed E-state index contributed by atoms with van der Waals surface area (Å²) in [5.74, 6) is 0.325. The van der Waals surface area contributed by atoms with Crippen molar-refractivity contribution < 1.29 is 18.7 Å². The molecule has 2 atom stereocenters. The number of halogens is 1. The highest BCUT2D eigenvalue weighted by molar-refractivity contribution is 5.95. The molecule has 0 aromatic heterocycles. The van der Waals surface area contributed by atoms with Gasteiger partial charge in [-0.1, -0.05) is 54.6 Å². The lowest BCUT2D eigenvalue weighted by atomic mass is 9.93. The number of nitrogens with zero attached hydrogens (tertiary/aromatic N) is 1. The van der Waals surface area contributed by atoms with Crippen molar-refractivity contribution in [1.82, 2.24) is 10.2 Å². The van der Waals surface area contributed by atoms with Crippen molar-refractivity contribution in [1.29, 1.82) is 0 Å². The fourth-order valence-electron chi connectivity index (χ4n) is 4.30. The van der Waals surface area contributed by atoms with Crippen LogP contribution in [-0.4, -0.2) is 48.1 Å². The summed E-state index contributed by atoms with van der Waals surface area (Å²) in [6.45, 7) is 2.78. The van der Waals surface area contributed by atoms with Crippen LogP contribution in [0.25, 0.3) is 0 Å². The molecule has 2 fully saturated rings. The molecule has 0 bridgehead atoms. The number of carbonyl (C=O) groups is 2. The van der Waals surface area contributed by atoms with Crippen LogP contribution in [0.3, 0.4) is 0 Å². The predicted octanol–water partition coefficient (Wildman–Crippen LogP) is 4.48. The van der Waals surface area contributed by atoms with Gasteiger partial charge in [0.25, 0.3) is 0 Å². The standard InChI is InChI=1S/C25H29FN2O3/c1-18(29)20-9-5-6-10-21(20)22-15-23(22)27-17-25(26)11-13-28(14-12-25)24(30)31-16-19-7-3-2-4-8-19/h2-10,22-23,27H,11-17H2,1H3/t22?,23-/m1/s1. The quantitative estimate of drug-likeness (QED) is 0.666. The van der Waals surface area contributed by atoms with Crippen LogP contribution >= 0.6 is 0 Å². The molecule has 1 unspecified atom stereocenters. The first-order chi connectivity index (χ1) is 15.0. The van der Waals surface area contributed by atoms with Crippen molar-refractivity contribution in [3.05, 3.63) is 71.3 Å². The molecule has 1 N–H and O–H groups in total. The number of amides is 1. The van der Waals surface area contributed by atoms with Crippen molar-refractivity contribution in [2.45, 2.75) is 50.4 Å². The van der Waals surface area contributed by atoms with Gasteiger partial charge in [0.15, 0.2) is 5.78 Å². The maximum atomic E-state index is 15.3. The van der Waals surface area contributed by atoms with E-state index in [4.69, 9.17) is 4.74 Å². The van der Waals surface area contributed by atoms with E-state index in [1.165, 1.54) is 0 Å². The van der Waals surface area contributed by atoms with Crippen LogP contribution in [0.2, 0.25) is 0 Å². The van der Waals surface area contributed by atoms with E-state index in [9.17, 15) is 9.59 Å². The van der Waals surface area contributed by atoms with Crippen molar-refractivity contribution in [2.75, 3.05) is 19.6 Å². The Morgan fingerprint density at radius 1 is 1.10 bits per heavy atom. The van der Waals surface area contributed by atoms with Gasteiger partial charge in [-0.2, -0.15) is 0 Å². The molecule has 1 saturated carbocycles. The van der Waals surface area contributed by atoms with Crippen LogP contribution in [0.5, 0.6) is 0 Å². The molecular weight excluding hydrogens is 395 g/mol. The minimum atomic E-state index is -1.33. The van der Waals surface area contributed by atoms with Gasteiger partial charge in [0.1, 0.15) is 12.3 Å². The van der Waals surface area contributed by atoms with Gasteiger partial charge in [0.2, 0.25) is 0 Å². The molecule has 0 radical (unpaired) electrons. The zero-order valence-electron chi connectivity index (χ0n) is 17.9. The normalized spacial score (nSPS) is 22.1. The number of ketones is 1. The number of hydrogen-bond donors (Lipinski definition) is 1. The van der Waals surface area contributed by atoms with Crippen molar-refractivity contribution in [3.8, 4) is 0 Å². The van der Waals surface area contributed by atoms with Gasteiger partial charge in [-0.05, 0) is 24.5 Å². The Hall–Kier alpha value is -2.73. The smallest absolute Gasteiger partial charge is 0.410 e. The van der Waals surface area contributed by atoms with Gasteiger partial charge >= 0.3 is 6.09 Å². The summed E-state index contributed by atoms with van der Waals surface area (Å²) in [4.78, 5) is 25.7. The summed E-state index contributed by atoms with van der Waals surface area (Å²) in [6, 6.07) is 17.4. The summed E-state index contributed by atoms with van der Waals surface area (Å²) in [7, 11) is 0. The Labute approximate surface area is 182 Å². The number of likely N-dealkylation sites (tertiary alicyclic amines) is 1. The molecule has 6 heteroatoms. The van der Waals surface area contributed by atoms with Gasteiger partial charge in [-0.3, -0.25) is 4.79 Å². The van der Waals surface area contributed by atoms with Crippen LogP contribution in [-0.2, 0) is 11.3 Å². The summed E-state index contributed by atoms with van der Waals surface area (Å²) >= 11 is 0. The van der Waals surface area contributed by atoms with Gasteiger partial charge in [-0.25, -0.2) is 9.18 Å². The Morgan fingerprint density at radius 3 is 2.48 bits per heavy atom. The fourth-order valence-corrected chi connectivity index (χ4v) is 4.30. The predicted molar refractivity (Wildman–Crippen MR) is 117 cm³/mol. The number of nitrogens with one attached hydrogen (secondary N) is 1. The minimum Gasteiger partial charge on any atom is -0.445 e. The third kappa shape index (κ3) is 5.31. The van der Waals surface area contributed by atoms with Gasteiger partial charge in [0.05, 0.1) is 0 Å². The molecular formula is C25H29FN2O3. The van der Waals surface area contributed by atoms with Crippen LogP contribution < -0.4 is 5.32 Å². The molecule has 1 aliphatic heterocycles. The number of alkyl halides is 1. The Morgan fingerprint density at radius 2 is 1.77 bits per heavy atom. The number of carbonyl (C=O) groups excluding carboxylic acids is 2. The fraction of sp³-hybridized carbons (Fsp3) is 0.440. The van der Waals surface area contributed by atoms with Crippen LogP contribution in [0.4, 0.5) is 9.18 Å². The third-order valence-electron chi connectivity index (χ3n) is 6.33. The second kappa shape index (κ2) is 9.18. The number of hydrogen-bond acceptors (Lipinski definition) is 4. The average molecular weight is 425 g/mol. The van der Waals surface area contributed by atoms with Gasteiger partial charge in [0, 0.05) is 50.0 Å². The Kier molecular flexibility index (Phi) is 6.37. The lowest BCUT2D eigenvalue weighted by Crippen LogP contribution is -2.49. The van der Waals surface area contributed by atoms with E-state index in [2.05, 4.69) is 5.32 Å². The van der Waals surface area contributed by atoms with E-state index in [0.717, 1.165) is 23.1 Å². The SMILES string of the molecule is CC(=O)c1ccccc1C1C[C@H]1NCC1(F)CCN(C(=O)OCc2ccccc2)CC1. The molecule has 0 spiro atoms. The molecule has 1 saturated heterocycles. The van der Waals surface area contributed by atoms with E-state index in [1.54, 1.807) is 11.8 Å².